The smallest absolute Gasteiger partial charge is 0.274 e. The molecule has 0 fully saturated rings. The summed E-state index contributed by atoms with van der Waals surface area (Å²) in [5.74, 6) is -0.718. The van der Waals surface area contributed by atoms with Gasteiger partial charge in [0.05, 0.1) is 5.69 Å². The van der Waals surface area contributed by atoms with Gasteiger partial charge in [0, 0.05) is 11.9 Å². The number of benzene rings is 1. The van der Waals surface area contributed by atoms with Crippen LogP contribution in [0.2, 0.25) is 0 Å². The van der Waals surface area contributed by atoms with Crippen molar-refractivity contribution in [2.24, 2.45) is 0 Å². The maximum atomic E-state index is 13.4. The number of imidazole rings is 1. The molecule has 3 rings (SSSR count). The molecule has 0 spiro atoms. The van der Waals surface area contributed by atoms with Crippen LogP contribution in [-0.2, 0) is 0 Å². The first-order valence-corrected chi connectivity index (χ1v) is 6.57. The number of nitrogens with zero attached hydrogens (tertiary/aromatic N) is 2. The fourth-order valence-electron chi connectivity index (χ4n) is 2.30. The van der Waals surface area contributed by atoms with Crippen LogP contribution in [0.15, 0.2) is 42.6 Å². The summed E-state index contributed by atoms with van der Waals surface area (Å²) in [5.41, 5.74) is 3.14. The van der Waals surface area contributed by atoms with Gasteiger partial charge in [0.1, 0.15) is 17.2 Å². The summed E-state index contributed by atoms with van der Waals surface area (Å²) < 4.78 is 14.9. The summed E-state index contributed by atoms with van der Waals surface area (Å²) in [6, 6.07) is 10.4. The first-order chi connectivity index (χ1) is 10.1. The molecule has 1 aromatic carbocycles. The van der Waals surface area contributed by atoms with Crippen LogP contribution in [0, 0.1) is 19.7 Å². The third kappa shape index (κ3) is 2.38. The Kier molecular flexibility index (Phi) is 3.17. The lowest BCUT2D eigenvalue weighted by molar-refractivity contribution is 0.102. The molecule has 0 bridgehead atoms. The number of carbonyl (C=O) groups excluding carboxylic acids is 1. The zero-order valence-electron chi connectivity index (χ0n) is 11.7. The second-order valence-corrected chi connectivity index (χ2v) is 4.89. The van der Waals surface area contributed by atoms with Crippen molar-refractivity contribution in [3.05, 3.63) is 65.4 Å². The number of halogens is 1. The maximum Gasteiger partial charge on any atom is 0.274 e. The van der Waals surface area contributed by atoms with E-state index in [9.17, 15) is 9.18 Å². The van der Waals surface area contributed by atoms with Crippen LogP contribution in [0.5, 0.6) is 0 Å². The highest BCUT2D eigenvalue weighted by atomic mass is 19.1. The predicted molar refractivity (Wildman–Crippen MR) is 79.0 cm³/mol. The quantitative estimate of drug-likeness (QED) is 0.784. The van der Waals surface area contributed by atoms with Crippen molar-refractivity contribution in [3.8, 4) is 0 Å². The number of aryl methyl sites for hydroxylation is 2. The van der Waals surface area contributed by atoms with Gasteiger partial charge in [-0.15, -0.1) is 0 Å². The van der Waals surface area contributed by atoms with Crippen LogP contribution < -0.4 is 5.32 Å². The van der Waals surface area contributed by atoms with Gasteiger partial charge in [-0.2, -0.15) is 0 Å². The second kappa shape index (κ2) is 5.01. The molecule has 4 nitrogen and oxygen atoms in total. The number of carbonyl (C=O) groups is 1. The minimum absolute atomic E-state index is 0.306. The maximum absolute atomic E-state index is 13.4. The largest absolute Gasteiger partial charge is 0.320 e. The van der Waals surface area contributed by atoms with Crippen LogP contribution in [0.1, 0.15) is 21.7 Å². The monoisotopic (exact) mass is 283 g/mol. The van der Waals surface area contributed by atoms with E-state index in [1.165, 1.54) is 16.7 Å². The number of aromatic nitrogens is 2. The molecule has 0 atom stereocenters. The van der Waals surface area contributed by atoms with E-state index in [0.717, 1.165) is 11.3 Å². The number of fused-ring (bicyclic) bond motifs is 1. The van der Waals surface area contributed by atoms with Gasteiger partial charge in [-0.05, 0) is 37.6 Å². The van der Waals surface area contributed by atoms with Gasteiger partial charge in [0.15, 0.2) is 0 Å². The van der Waals surface area contributed by atoms with E-state index >= 15 is 0 Å². The molecular formula is C16H14FN3O. The number of amides is 1. The molecule has 0 aliphatic carbocycles. The van der Waals surface area contributed by atoms with Gasteiger partial charge in [0.25, 0.3) is 5.91 Å². The average molecular weight is 283 g/mol. The number of para-hydroxylation sites is 1. The Morgan fingerprint density at radius 3 is 2.71 bits per heavy atom. The van der Waals surface area contributed by atoms with Crippen LogP contribution >= 0.6 is 0 Å². The lowest BCUT2D eigenvalue weighted by Gasteiger charge is -2.08. The van der Waals surface area contributed by atoms with E-state index in [4.69, 9.17) is 0 Å². The van der Waals surface area contributed by atoms with Crippen molar-refractivity contribution in [2.45, 2.75) is 13.8 Å². The number of anilines is 1. The number of hydrogen-bond donors (Lipinski definition) is 1. The number of hydrogen-bond acceptors (Lipinski definition) is 2. The first-order valence-electron chi connectivity index (χ1n) is 6.57. The zero-order valence-corrected chi connectivity index (χ0v) is 11.7. The molecule has 1 N–H and O–H groups in total. The lowest BCUT2D eigenvalue weighted by atomic mass is 10.2. The average Bonchev–Trinajstić information content (AvgIpc) is 2.76. The molecule has 3 aromatic rings. The van der Waals surface area contributed by atoms with Crippen molar-refractivity contribution < 1.29 is 9.18 Å². The first kappa shape index (κ1) is 13.3. The van der Waals surface area contributed by atoms with Gasteiger partial charge in [-0.1, -0.05) is 18.2 Å². The molecule has 2 heterocycles. The van der Waals surface area contributed by atoms with Gasteiger partial charge in [-0.3, -0.25) is 9.20 Å². The summed E-state index contributed by atoms with van der Waals surface area (Å²) in [4.78, 5) is 16.8. The van der Waals surface area contributed by atoms with Crippen LogP contribution in [0.25, 0.3) is 5.65 Å². The van der Waals surface area contributed by atoms with Gasteiger partial charge >= 0.3 is 0 Å². The fraction of sp³-hybridized carbons (Fsp3) is 0.125. The SMILES string of the molecule is Cc1ccccc1NC(=O)c1c(C)nc2ccc(F)cn12. The Morgan fingerprint density at radius 1 is 1.19 bits per heavy atom. The third-order valence-electron chi connectivity index (χ3n) is 3.37. The fourth-order valence-corrected chi connectivity index (χ4v) is 2.30. The highest BCUT2D eigenvalue weighted by Crippen LogP contribution is 2.18. The highest BCUT2D eigenvalue weighted by molar-refractivity contribution is 6.04. The van der Waals surface area contributed by atoms with Crippen molar-refractivity contribution >= 4 is 17.2 Å². The van der Waals surface area contributed by atoms with E-state index in [2.05, 4.69) is 10.3 Å². The Morgan fingerprint density at radius 2 is 1.95 bits per heavy atom. The predicted octanol–water partition coefficient (Wildman–Crippen LogP) is 3.34. The Bertz CT molecular complexity index is 839. The summed E-state index contributed by atoms with van der Waals surface area (Å²) in [6.07, 6.45) is 1.27. The molecule has 1 amide bonds. The van der Waals surface area contributed by atoms with Gasteiger partial charge in [0.2, 0.25) is 0 Å². The molecule has 0 saturated carbocycles. The minimum Gasteiger partial charge on any atom is -0.320 e. The summed E-state index contributed by atoms with van der Waals surface area (Å²) in [5, 5.41) is 2.84. The molecule has 0 unspecified atom stereocenters. The van der Waals surface area contributed by atoms with Crippen molar-refractivity contribution in [1.29, 1.82) is 0 Å². The molecule has 0 aliphatic rings. The normalized spacial score (nSPS) is 10.8. The summed E-state index contributed by atoms with van der Waals surface area (Å²) in [6.45, 7) is 3.65. The van der Waals surface area contributed by atoms with Gasteiger partial charge < -0.3 is 5.32 Å². The Labute approximate surface area is 121 Å². The Hall–Kier alpha value is -2.69. The number of rotatable bonds is 2. The molecule has 2 aromatic heterocycles. The summed E-state index contributed by atoms with van der Waals surface area (Å²) >= 11 is 0. The molecular weight excluding hydrogens is 269 g/mol. The van der Waals surface area contributed by atoms with Crippen LogP contribution in [-0.4, -0.2) is 15.3 Å². The van der Waals surface area contributed by atoms with Crippen molar-refractivity contribution in [3.63, 3.8) is 0 Å². The lowest BCUT2D eigenvalue weighted by Crippen LogP contribution is -2.16. The Balaban J connectivity index is 2.04. The standard InChI is InChI=1S/C16H14FN3O/c1-10-5-3-4-6-13(10)19-16(21)15-11(2)18-14-8-7-12(17)9-20(14)15/h3-9H,1-2H3,(H,19,21). The molecule has 21 heavy (non-hydrogen) atoms. The van der Waals surface area contributed by atoms with Crippen LogP contribution in [0.3, 0.4) is 0 Å². The molecule has 0 radical (unpaired) electrons. The molecule has 5 heteroatoms. The molecule has 106 valence electrons. The van der Waals surface area contributed by atoms with E-state index in [-0.39, 0.29) is 5.91 Å². The molecule has 0 saturated heterocycles. The topological polar surface area (TPSA) is 46.4 Å². The van der Waals surface area contributed by atoms with Gasteiger partial charge in [-0.25, -0.2) is 9.37 Å². The zero-order chi connectivity index (χ0) is 15.0. The number of nitrogens with one attached hydrogen (secondary N) is 1. The van der Waals surface area contributed by atoms with Crippen molar-refractivity contribution in [1.82, 2.24) is 9.38 Å². The summed E-state index contributed by atoms with van der Waals surface area (Å²) in [7, 11) is 0. The van der Waals surface area contributed by atoms with E-state index in [1.54, 1.807) is 13.0 Å². The minimum atomic E-state index is -0.412. The van der Waals surface area contributed by atoms with Crippen molar-refractivity contribution in [2.75, 3.05) is 5.32 Å². The van der Waals surface area contributed by atoms with E-state index in [0.29, 0.717) is 17.0 Å². The van der Waals surface area contributed by atoms with E-state index < -0.39 is 5.82 Å². The van der Waals surface area contributed by atoms with Crippen LogP contribution in [0.4, 0.5) is 10.1 Å². The highest BCUT2D eigenvalue weighted by Gasteiger charge is 2.17. The third-order valence-corrected chi connectivity index (χ3v) is 3.37. The second-order valence-electron chi connectivity index (χ2n) is 4.89. The number of pyridine rings is 1. The van der Waals surface area contributed by atoms with E-state index in [1.807, 2.05) is 31.2 Å². The molecule has 0 aliphatic heterocycles.